The monoisotopic (exact) mass is 255 g/mol. The Kier molecular flexibility index (Phi) is 14.8. The van der Waals surface area contributed by atoms with Crippen LogP contribution >= 0.6 is 0 Å². The van der Waals surface area contributed by atoms with E-state index in [1.807, 2.05) is 0 Å². The van der Waals surface area contributed by atoms with Crippen molar-refractivity contribution in [3.05, 3.63) is 0 Å². The van der Waals surface area contributed by atoms with Crippen LogP contribution < -0.4 is 51.4 Å². The van der Waals surface area contributed by atoms with E-state index in [1.54, 1.807) is 0 Å². The van der Waals surface area contributed by atoms with Crippen LogP contribution in [0.15, 0.2) is 0 Å². The van der Waals surface area contributed by atoms with Gasteiger partial charge in [-0.2, -0.15) is 0 Å². The molecule has 0 aliphatic carbocycles. The van der Waals surface area contributed by atoms with E-state index in [2.05, 4.69) is 0 Å². The van der Waals surface area contributed by atoms with E-state index in [1.165, 1.54) is 0 Å². The standard InChI is InChI=1S/K.H2O4S.Sn/c;1-5(2,3)4;/h;(H2,1,2,3,4);/q+1;;+2/p-2. The van der Waals surface area contributed by atoms with Crippen molar-refractivity contribution in [3.63, 3.8) is 0 Å². The Bertz CT molecular complexity index is 94.9. The van der Waals surface area contributed by atoms with Crippen LogP contribution in [0.2, 0.25) is 0 Å². The molecule has 0 aliphatic heterocycles. The van der Waals surface area contributed by atoms with Crippen LogP contribution in [0.25, 0.3) is 0 Å². The van der Waals surface area contributed by atoms with Crippen molar-refractivity contribution in [3.8, 4) is 0 Å². The zero-order valence-corrected chi connectivity index (χ0v) is 10.3. The largest absolute Gasteiger partial charge is 2.00 e. The maximum atomic E-state index is 8.52. The Morgan fingerprint density at radius 1 is 1.14 bits per heavy atom. The zero-order chi connectivity index (χ0) is 4.50. The van der Waals surface area contributed by atoms with Gasteiger partial charge in [0.1, 0.15) is 0 Å². The van der Waals surface area contributed by atoms with E-state index in [-0.39, 0.29) is 75.3 Å². The minimum Gasteiger partial charge on any atom is -0.759 e. The van der Waals surface area contributed by atoms with Crippen LogP contribution in [-0.2, 0) is 10.4 Å². The molecule has 0 bridgehead atoms. The van der Waals surface area contributed by atoms with Gasteiger partial charge in [0.2, 0.25) is 0 Å². The summed E-state index contributed by atoms with van der Waals surface area (Å²) >= 11 is 0. The van der Waals surface area contributed by atoms with Crippen molar-refractivity contribution < 1.29 is 68.9 Å². The molecule has 0 N–H and O–H groups in total. The van der Waals surface area contributed by atoms with Gasteiger partial charge in [-0.15, -0.1) is 0 Å². The Morgan fingerprint density at radius 3 is 1.14 bits per heavy atom. The van der Waals surface area contributed by atoms with Gasteiger partial charge in [0.05, 0.1) is 0 Å². The van der Waals surface area contributed by atoms with Crippen LogP contribution in [0.4, 0.5) is 0 Å². The third-order valence-corrected chi connectivity index (χ3v) is 0. The predicted molar refractivity (Wildman–Crippen MR) is 16.2 cm³/mol. The van der Waals surface area contributed by atoms with Crippen LogP contribution in [0.3, 0.4) is 0 Å². The van der Waals surface area contributed by atoms with Crippen LogP contribution in [0, 0.1) is 0 Å². The van der Waals surface area contributed by atoms with Gasteiger partial charge in [0.15, 0.2) is 0 Å². The Morgan fingerprint density at radius 2 is 1.14 bits per heavy atom. The minimum atomic E-state index is -5.17. The summed E-state index contributed by atoms with van der Waals surface area (Å²) in [7, 11) is -5.17. The summed E-state index contributed by atoms with van der Waals surface area (Å²) in [6.45, 7) is 0. The molecule has 34 valence electrons. The van der Waals surface area contributed by atoms with E-state index in [0.717, 1.165) is 0 Å². The Labute approximate surface area is 101 Å². The minimum absolute atomic E-state index is 0. The number of hydrogen-bond acceptors (Lipinski definition) is 4. The SMILES string of the molecule is O=S(=O)([O-])[O-].[K+].[Sn+2]. The van der Waals surface area contributed by atoms with Gasteiger partial charge in [0, 0.05) is 10.4 Å². The summed E-state index contributed by atoms with van der Waals surface area (Å²) in [6.07, 6.45) is 0. The fourth-order valence-electron chi connectivity index (χ4n) is 0. The topological polar surface area (TPSA) is 80.3 Å². The van der Waals surface area contributed by atoms with Gasteiger partial charge in [-0.25, -0.2) is 0 Å². The molecule has 0 aromatic carbocycles. The maximum Gasteiger partial charge on any atom is 2.00 e. The summed E-state index contributed by atoms with van der Waals surface area (Å²) < 4.78 is 34.1. The van der Waals surface area contributed by atoms with Crippen LogP contribution in [0.1, 0.15) is 0 Å². The van der Waals surface area contributed by atoms with E-state index >= 15 is 0 Å². The second-order valence-electron chi connectivity index (χ2n) is 0.408. The van der Waals surface area contributed by atoms with Crippen LogP contribution in [0.5, 0.6) is 0 Å². The second-order valence-corrected chi connectivity index (χ2v) is 1.22. The van der Waals surface area contributed by atoms with E-state index in [0.29, 0.717) is 0 Å². The molecule has 0 heterocycles. The second kappa shape index (κ2) is 6.43. The van der Waals surface area contributed by atoms with E-state index in [9.17, 15) is 0 Å². The zero-order valence-electron chi connectivity index (χ0n) is 3.54. The van der Waals surface area contributed by atoms with Gasteiger partial charge < -0.3 is 9.11 Å². The number of rotatable bonds is 0. The molecule has 0 atom stereocenters. The average Bonchev–Trinajstić information content (AvgIpc) is 0.722. The summed E-state index contributed by atoms with van der Waals surface area (Å²) in [5.41, 5.74) is 0. The molecule has 0 saturated carbocycles. The van der Waals surface area contributed by atoms with Gasteiger partial charge >= 0.3 is 75.3 Å². The van der Waals surface area contributed by atoms with Gasteiger partial charge in [-0.05, 0) is 0 Å². The fourth-order valence-corrected chi connectivity index (χ4v) is 0. The Hall–Kier alpha value is 2.31. The molecular formula is KO4SSn+. The first kappa shape index (κ1) is 16.1. The fraction of sp³-hybridized carbons (Fsp3) is 0. The number of hydrogen-bond donors (Lipinski definition) is 0. The van der Waals surface area contributed by atoms with Crippen molar-refractivity contribution >= 4 is 34.3 Å². The molecule has 0 aromatic rings. The van der Waals surface area contributed by atoms with E-state index < -0.39 is 10.4 Å². The molecule has 2 radical (unpaired) electrons. The molecule has 0 aromatic heterocycles. The molecule has 0 unspecified atom stereocenters. The van der Waals surface area contributed by atoms with Crippen molar-refractivity contribution in [2.24, 2.45) is 0 Å². The molecule has 7 heavy (non-hydrogen) atoms. The molecule has 0 aliphatic rings. The molecule has 0 rings (SSSR count). The third kappa shape index (κ3) is 62.1. The smallest absolute Gasteiger partial charge is 0.759 e. The summed E-state index contributed by atoms with van der Waals surface area (Å²) in [6, 6.07) is 0. The first-order valence-electron chi connectivity index (χ1n) is 0.667. The van der Waals surface area contributed by atoms with Crippen molar-refractivity contribution in [2.45, 2.75) is 0 Å². The first-order chi connectivity index (χ1) is 2.00. The molecule has 0 saturated heterocycles. The van der Waals surface area contributed by atoms with Crippen molar-refractivity contribution in [2.75, 3.05) is 0 Å². The summed E-state index contributed by atoms with van der Waals surface area (Å²) in [4.78, 5) is 0. The maximum absolute atomic E-state index is 8.52. The Balaban J connectivity index is -0.0000000800. The molecule has 0 spiro atoms. The van der Waals surface area contributed by atoms with Crippen molar-refractivity contribution in [1.82, 2.24) is 0 Å². The summed E-state index contributed by atoms with van der Waals surface area (Å²) in [5, 5.41) is 0. The van der Waals surface area contributed by atoms with Gasteiger partial charge in [-0.3, -0.25) is 8.42 Å². The molecule has 4 nitrogen and oxygen atoms in total. The predicted octanol–water partition coefficient (Wildman–Crippen LogP) is -4.71. The first-order valence-corrected chi connectivity index (χ1v) is 2.00. The van der Waals surface area contributed by atoms with E-state index in [4.69, 9.17) is 17.5 Å². The van der Waals surface area contributed by atoms with Crippen LogP contribution in [-0.4, -0.2) is 41.4 Å². The normalized spacial score (nSPS) is 8.29. The summed E-state index contributed by atoms with van der Waals surface area (Å²) in [5.74, 6) is 0. The van der Waals surface area contributed by atoms with Gasteiger partial charge in [0.25, 0.3) is 0 Å². The van der Waals surface area contributed by atoms with Gasteiger partial charge in [-0.1, -0.05) is 0 Å². The molecule has 0 fully saturated rings. The van der Waals surface area contributed by atoms with Crippen molar-refractivity contribution in [1.29, 1.82) is 0 Å². The molecule has 7 heteroatoms. The average molecular weight is 254 g/mol. The molecular weight excluding hydrogens is 254 g/mol. The quantitative estimate of drug-likeness (QED) is 0.247. The molecule has 0 amide bonds. The third-order valence-electron chi connectivity index (χ3n) is 0.